The Kier molecular flexibility index (Phi) is 4.95. The maximum Gasteiger partial charge on any atom is 0.278 e. The van der Waals surface area contributed by atoms with E-state index in [-0.39, 0.29) is 0 Å². The minimum absolute atomic E-state index is 0.326. The summed E-state index contributed by atoms with van der Waals surface area (Å²) < 4.78 is 5.39. The number of likely N-dealkylation sites (tertiary alicyclic amines) is 1. The second kappa shape index (κ2) is 7.51. The Hall–Kier alpha value is -2.31. The fraction of sp³-hybridized carbons (Fsp3) is 0.368. The molecule has 0 unspecified atom stereocenters. The van der Waals surface area contributed by atoms with Gasteiger partial charge in [-0.1, -0.05) is 28.9 Å². The standard InChI is InChI=1S/C19H20ClN5O/c1-13-10-22-17(11-21-13)19-23-18(24-26-19)15-6-8-25(9-7-15)12-14-2-4-16(20)5-3-14/h2-5,10-11,15H,6-9,12H2,1H3. The molecule has 0 radical (unpaired) electrons. The van der Waals surface area contributed by atoms with Crippen LogP contribution in [0.25, 0.3) is 11.6 Å². The first-order valence-electron chi connectivity index (χ1n) is 8.77. The van der Waals surface area contributed by atoms with Crippen molar-refractivity contribution in [1.82, 2.24) is 25.0 Å². The van der Waals surface area contributed by atoms with Crippen LogP contribution in [0.2, 0.25) is 5.02 Å². The fourth-order valence-electron chi connectivity index (χ4n) is 3.21. The van der Waals surface area contributed by atoms with Crippen molar-refractivity contribution in [2.24, 2.45) is 0 Å². The van der Waals surface area contributed by atoms with E-state index in [4.69, 9.17) is 16.1 Å². The van der Waals surface area contributed by atoms with Crippen molar-refractivity contribution in [2.45, 2.75) is 32.2 Å². The van der Waals surface area contributed by atoms with Crippen molar-refractivity contribution in [1.29, 1.82) is 0 Å². The number of hydrogen-bond acceptors (Lipinski definition) is 6. The van der Waals surface area contributed by atoms with Gasteiger partial charge in [-0.2, -0.15) is 4.98 Å². The van der Waals surface area contributed by atoms with Gasteiger partial charge in [-0.25, -0.2) is 4.98 Å². The first-order valence-corrected chi connectivity index (χ1v) is 9.14. The summed E-state index contributed by atoms with van der Waals surface area (Å²) in [5, 5.41) is 4.95. The van der Waals surface area contributed by atoms with Gasteiger partial charge in [-0.15, -0.1) is 0 Å². The maximum atomic E-state index is 5.95. The summed E-state index contributed by atoms with van der Waals surface area (Å²) in [5.74, 6) is 1.54. The lowest BCUT2D eigenvalue weighted by atomic mass is 9.96. The van der Waals surface area contributed by atoms with Crippen LogP contribution < -0.4 is 0 Å². The van der Waals surface area contributed by atoms with E-state index in [1.807, 2.05) is 19.1 Å². The second-order valence-electron chi connectivity index (χ2n) is 6.68. The lowest BCUT2D eigenvalue weighted by molar-refractivity contribution is 0.200. The molecule has 1 aliphatic rings. The normalized spacial score (nSPS) is 16.1. The second-order valence-corrected chi connectivity index (χ2v) is 7.11. The van der Waals surface area contributed by atoms with Crippen LogP contribution in [-0.2, 0) is 6.54 Å². The summed E-state index contributed by atoms with van der Waals surface area (Å²) in [7, 11) is 0. The smallest absolute Gasteiger partial charge is 0.278 e. The van der Waals surface area contributed by atoms with E-state index in [1.54, 1.807) is 12.4 Å². The molecular formula is C19H20ClN5O. The third-order valence-corrected chi connectivity index (χ3v) is 4.97. The monoisotopic (exact) mass is 369 g/mol. The molecule has 0 saturated carbocycles. The molecule has 0 spiro atoms. The molecule has 26 heavy (non-hydrogen) atoms. The molecule has 1 aliphatic heterocycles. The van der Waals surface area contributed by atoms with Crippen molar-refractivity contribution in [3.63, 3.8) is 0 Å². The third-order valence-electron chi connectivity index (χ3n) is 4.71. The summed E-state index contributed by atoms with van der Waals surface area (Å²) in [6.07, 6.45) is 5.41. The van der Waals surface area contributed by atoms with Crippen LogP contribution >= 0.6 is 11.6 Å². The predicted molar refractivity (Wildman–Crippen MR) is 98.8 cm³/mol. The summed E-state index contributed by atoms with van der Waals surface area (Å²) in [6.45, 7) is 4.87. The van der Waals surface area contributed by atoms with Crippen LogP contribution in [0, 0.1) is 6.92 Å². The number of hydrogen-bond donors (Lipinski definition) is 0. The van der Waals surface area contributed by atoms with Gasteiger partial charge in [0.15, 0.2) is 5.82 Å². The Morgan fingerprint density at radius 3 is 2.58 bits per heavy atom. The first-order chi connectivity index (χ1) is 12.7. The van der Waals surface area contributed by atoms with Crippen molar-refractivity contribution in [2.75, 3.05) is 13.1 Å². The zero-order valence-electron chi connectivity index (χ0n) is 14.6. The molecule has 134 valence electrons. The molecule has 0 aliphatic carbocycles. The summed E-state index contributed by atoms with van der Waals surface area (Å²) in [5.41, 5.74) is 2.77. The van der Waals surface area contributed by atoms with Crippen molar-refractivity contribution >= 4 is 11.6 Å². The molecule has 1 saturated heterocycles. The van der Waals surface area contributed by atoms with E-state index in [0.717, 1.165) is 49.0 Å². The molecule has 6 nitrogen and oxygen atoms in total. The number of aromatic nitrogens is 4. The highest BCUT2D eigenvalue weighted by Gasteiger charge is 2.25. The van der Waals surface area contributed by atoms with Gasteiger partial charge < -0.3 is 4.52 Å². The molecule has 1 aromatic carbocycles. The number of benzene rings is 1. The molecule has 0 N–H and O–H groups in total. The average molecular weight is 370 g/mol. The number of aryl methyl sites for hydroxylation is 1. The molecular weight excluding hydrogens is 350 g/mol. The van der Waals surface area contributed by atoms with Gasteiger partial charge in [0.25, 0.3) is 5.89 Å². The first kappa shape index (κ1) is 17.1. The van der Waals surface area contributed by atoms with Crippen LogP contribution in [0.5, 0.6) is 0 Å². The van der Waals surface area contributed by atoms with E-state index in [9.17, 15) is 0 Å². The van der Waals surface area contributed by atoms with E-state index >= 15 is 0 Å². The number of rotatable bonds is 4. The van der Waals surface area contributed by atoms with Gasteiger partial charge in [0.2, 0.25) is 0 Å². The molecule has 7 heteroatoms. The maximum absolute atomic E-state index is 5.95. The highest BCUT2D eigenvalue weighted by Crippen LogP contribution is 2.28. The minimum Gasteiger partial charge on any atom is -0.332 e. The Balaban J connectivity index is 1.36. The van der Waals surface area contributed by atoms with Gasteiger partial charge in [-0.05, 0) is 50.6 Å². The molecule has 2 aromatic heterocycles. The fourth-order valence-corrected chi connectivity index (χ4v) is 3.33. The van der Waals surface area contributed by atoms with Crippen LogP contribution in [0.3, 0.4) is 0 Å². The summed E-state index contributed by atoms with van der Waals surface area (Å²) in [6, 6.07) is 8.06. The van der Waals surface area contributed by atoms with Gasteiger partial charge in [0, 0.05) is 23.7 Å². The van der Waals surface area contributed by atoms with Crippen molar-refractivity contribution < 1.29 is 4.52 Å². The molecule has 3 aromatic rings. The molecule has 0 amide bonds. The number of piperidine rings is 1. The summed E-state index contributed by atoms with van der Waals surface area (Å²) >= 11 is 5.95. The number of nitrogens with zero attached hydrogens (tertiary/aromatic N) is 5. The van der Waals surface area contributed by atoms with E-state index in [1.165, 1.54) is 5.56 Å². The Labute approximate surface area is 157 Å². The van der Waals surface area contributed by atoms with Gasteiger partial charge >= 0.3 is 0 Å². The van der Waals surface area contributed by atoms with Gasteiger partial charge in [0.05, 0.1) is 11.9 Å². The van der Waals surface area contributed by atoms with Gasteiger partial charge in [0.1, 0.15) is 5.69 Å². The summed E-state index contributed by atoms with van der Waals surface area (Å²) in [4.78, 5) is 15.5. The SMILES string of the molecule is Cc1cnc(-c2nc(C3CCN(Cc4ccc(Cl)cc4)CC3)no2)cn1. The van der Waals surface area contributed by atoms with Crippen molar-refractivity contribution in [3.05, 3.63) is 58.8 Å². The zero-order chi connectivity index (χ0) is 17.9. The molecule has 0 bridgehead atoms. The highest BCUT2D eigenvalue weighted by atomic mass is 35.5. The average Bonchev–Trinajstić information content (AvgIpc) is 3.15. The lowest BCUT2D eigenvalue weighted by Gasteiger charge is -2.30. The predicted octanol–water partition coefficient (Wildman–Crippen LogP) is 3.87. The quantitative estimate of drug-likeness (QED) is 0.695. The van der Waals surface area contributed by atoms with E-state index < -0.39 is 0 Å². The van der Waals surface area contributed by atoms with Crippen LogP contribution in [0.15, 0.2) is 41.2 Å². The lowest BCUT2D eigenvalue weighted by Crippen LogP contribution is -2.32. The molecule has 4 rings (SSSR count). The third kappa shape index (κ3) is 3.92. The molecule has 3 heterocycles. The topological polar surface area (TPSA) is 67.9 Å². The van der Waals surface area contributed by atoms with Gasteiger partial charge in [-0.3, -0.25) is 9.88 Å². The molecule has 0 atom stereocenters. The Morgan fingerprint density at radius 1 is 1.12 bits per heavy atom. The Morgan fingerprint density at radius 2 is 1.88 bits per heavy atom. The van der Waals surface area contributed by atoms with E-state index in [2.05, 4.69) is 37.1 Å². The minimum atomic E-state index is 0.326. The highest BCUT2D eigenvalue weighted by molar-refractivity contribution is 6.30. The van der Waals surface area contributed by atoms with Crippen molar-refractivity contribution in [3.8, 4) is 11.6 Å². The Bertz CT molecular complexity index is 854. The van der Waals surface area contributed by atoms with Crippen LogP contribution in [0.1, 0.15) is 35.8 Å². The zero-order valence-corrected chi connectivity index (χ0v) is 15.4. The molecule has 1 fully saturated rings. The largest absolute Gasteiger partial charge is 0.332 e. The van der Waals surface area contributed by atoms with Crippen LogP contribution in [-0.4, -0.2) is 38.1 Å². The van der Waals surface area contributed by atoms with E-state index in [0.29, 0.717) is 17.5 Å². The van der Waals surface area contributed by atoms with Crippen LogP contribution in [0.4, 0.5) is 0 Å². The number of halogens is 1.